The first-order chi connectivity index (χ1) is 15.5. The molecule has 4 rings (SSSR count). The Morgan fingerprint density at radius 1 is 1.12 bits per heavy atom. The highest BCUT2D eigenvalue weighted by Gasteiger charge is 2.36. The highest BCUT2D eigenvalue weighted by atomic mass is 16.5. The van der Waals surface area contributed by atoms with E-state index in [9.17, 15) is 20.1 Å². The van der Waals surface area contributed by atoms with E-state index in [1.807, 2.05) is 30.3 Å². The van der Waals surface area contributed by atoms with E-state index >= 15 is 0 Å². The molecule has 0 saturated heterocycles. The van der Waals surface area contributed by atoms with Crippen molar-refractivity contribution in [2.45, 2.75) is 70.5 Å². The summed E-state index contributed by atoms with van der Waals surface area (Å²) in [4.78, 5) is 12.0. The maximum absolute atomic E-state index is 12.0. The zero-order valence-corrected chi connectivity index (χ0v) is 18.6. The number of ether oxygens (including phenoxy) is 1. The molecule has 3 atom stereocenters. The number of aliphatic hydroxyl groups is 1. The number of hydrogen-bond acceptors (Lipinski definition) is 5. The van der Waals surface area contributed by atoms with Crippen LogP contribution in [0.15, 0.2) is 42.5 Å². The van der Waals surface area contributed by atoms with E-state index in [1.54, 1.807) is 6.07 Å². The van der Waals surface area contributed by atoms with Crippen LogP contribution in [0.1, 0.15) is 74.7 Å². The van der Waals surface area contributed by atoms with Gasteiger partial charge in [0.1, 0.15) is 23.4 Å². The molecule has 2 aromatic carbocycles. The molecule has 0 radical (unpaired) electrons. The normalized spacial score (nSPS) is 20.8. The molecular formula is C27H32O5. The fourth-order valence-electron chi connectivity index (χ4n) is 4.90. The molecule has 3 unspecified atom stereocenters. The van der Waals surface area contributed by atoms with Crippen LogP contribution in [-0.2, 0) is 11.2 Å². The van der Waals surface area contributed by atoms with E-state index in [-0.39, 0.29) is 35.4 Å². The third-order valence-corrected chi connectivity index (χ3v) is 6.66. The minimum atomic E-state index is -0.335. The lowest BCUT2D eigenvalue weighted by atomic mass is 9.94. The number of allylic oxidation sites excluding steroid dienone is 2. The number of phenolic OH excluding ortho intramolecular Hbond substituents is 2. The van der Waals surface area contributed by atoms with Crippen LogP contribution in [0.25, 0.3) is 5.57 Å². The average molecular weight is 437 g/mol. The molecule has 0 bridgehead atoms. The van der Waals surface area contributed by atoms with E-state index in [0.29, 0.717) is 25.0 Å². The molecule has 0 fully saturated rings. The topological polar surface area (TPSA) is 87.0 Å². The van der Waals surface area contributed by atoms with Crippen LogP contribution in [0.5, 0.6) is 17.2 Å². The van der Waals surface area contributed by atoms with Gasteiger partial charge in [0.15, 0.2) is 5.78 Å². The molecule has 170 valence electrons. The Morgan fingerprint density at radius 2 is 1.91 bits per heavy atom. The monoisotopic (exact) mass is 436 g/mol. The number of Topliss-reactive ketones (excluding diaryl/α,β-unsaturated/α-hetero) is 1. The van der Waals surface area contributed by atoms with Gasteiger partial charge in [-0.25, -0.2) is 0 Å². The predicted molar refractivity (Wildman–Crippen MR) is 124 cm³/mol. The third kappa shape index (κ3) is 4.83. The van der Waals surface area contributed by atoms with Crippen molar-refractivity contribution in [1.29, 1.82) is 0 Å². The first-order valence-corrected chi connectivity index (χ1v) is 11.7. The molecular weight excluding hydrogens is 404 g/mol. The number of ketones is 1. The quantitative estimate of drug-likeness (QED) is 0.485. The number of unbranched alkanes of at least 4 members (excludes halogenated alkanes) is 1. The van der Waals surface area contributed by atoms with Gasteiger partial charge >= 0.3 is 0 Å². The first kappa shape index (κ1) is 22.4. The fourth-order valence-corrected chi connectivity index (χ4v) is 4.90. The highest BCUT2D eigenvalue weighted by Crippen LogP contribution is 2.46. The van der Waals surface area contributed by atoms with E-state index in [2.05, 4.69) is 6.92 Å². The second-order valence-electron chi connectivity index (χ2n) is 9.01. The zero-order chi connectivity index (χ0) is 22.7. The van der Waals surface area contributed by atoms with Gasteiger partial charge in [0.05, 0.1) is 6.10 Å². The molecule has 0 spiro atoms. The summed E-state index contributed by atoms with van der Waals surface area (Å²) in [5.41, 5.74) is 3.28. The number of carbonyl (C=O) groups excluding carboxylic acids is 1. The lowest BCUT2D eigenvalue weighted by Gasteiger charge is -2.23. The second kappa shape index (κ2) is 9.78. The molecule has 5 nitrogen and oxygen atoms in total. The fraction of sp³-hybridized carbons (Fsp3) is 0.444. The SMILES string of the molecule is CCCCC(O)CCC1Cc2c(O)cc(O)cc2C1Oc1ccc(C2=CCCC2=O)cc1. The summed E-state index contributed by atoms with van der Waals surface area (Å²) in [6.45, 7) is 2.11. The predicted octanol–water partition coefficient (Wildman–Crippen LogP) is 5.47. The van der Waals surface area contributed by atoms with Crippen molar-refractivity contribution in [3.05, 3.63) is 59.2 Å². The van der Waals surface area contributed by atoms with E-state index in [0.717, 1.165) is 54.4 Å². The molecule has 0 heterocycles. The van der Waals surface area contributed by atoms with Crippen LogP contribution in [0, 0.1) is 5.92 Å². The molecule has 2 aliphatic carbocycles. The molecule has 2 aromatic rings. The Labute approximate surface area is 189 Å². The number of aliphatic hydroxyl groups excluding tert-OH is 1. The Bertz CT molecular complexity index is 992. The second-order valence-corrected chi connectivity index (χ2v) is 9.01. The number of phenols is 2. The van der Waals surface area contributed by atoms with Gasteiger partial charge in [-0.15, -0.1) is 0 Å². The minimum Gasteiger partial charge on any atom is -0.508 e. The van der Waals surface area contributed by atoms with Crippen molar-refractivity contribution >= 4 is 11.4 Å². The molecule has 3 N–H and O–H groups in total. The maximum atomic E-state index is 12.0. The van der Waals surface area contributed by atoms with Gasteiger partial charge in [0.25, 0.3) is 0 Å². The summed E-state index contributed by atoms with van der Waals surface area (Å²) in [6.07, 6.45) is 7.65. The maximum Gasteiger partial charge on any atom is 0.163 e. The third-order valence-electron chi connectivity index (χ3n) is 6.66. The highest BCUT2D eigenvalue weighted by molar-refractivity contribution is 6.22. The minimum absolute atomic E-state index is 0.0144. The van der Waals surface area contributed by atoms with E-state index < -0.39 is 0 Å². The van der Waals surface area contributed by atoms with Gasteiger partial charge in [-0.05, 0) is 55.9 Å². The number of hydrogen-bond donors (Lipinski definition) is 3. The molecule has 0 aromatic heterocycles. The number of benzene rings is 2. The van der Waals surface area contributed by atoms with Crippen LogP contribution in [-0.4, -0.2) is 27.2 Å². The number of carbonyl (C=O) groups is 1. The lowest BCUT2D eigenvalue weighted by molar-refractivity contribution is -0.113. The Hall–Kier alpha value is -2.79. The van der Waals surface area contributed by atoms with Crippen molar-refractivity contribution in [2.75, 3.05) is 0 Å². The first-order valence-electron chi connectivity index (χ1n) is 11.7. The van der Waals surface area contributed by atoms with Crippen LogP contribution < -0.4 is 4.74 Å². The van der Waals surface area contributed by atoms with Gasteiger partial charge in [-0.3, -0.25) is 4.79 Å². The standard InChI is InChI=1S/C27H32O5/c1-2-3-5-19(28)11-8-18-14-23-24(15-20(29)16-26(23)31)27(18)32-21-12-9-17(10-13-21)22-6-4-7-25(22)30/h6,9-10,12-13,15-16,18-19,27-29,31H,2-5,7-8,11,14H2,1H3. The molecule has 5 heteroatoms. The molecule has 32 heavy (non-hydrogen) atoms. The van der Waals surface area contributed by atoms with Crippen molar-refractivity contribution in [2.24, 2.45) is 5.92 Å². The van der Waals surface area contributed by atoms with Gasteiger partial charge in [0.2, 0.25) is 0 Å². The van der Waals surface area contributed by atoms with Crippen LogP contribution in [0.4, 0.5) is 0 Å². The summed E-state index contributed by atoms with van der Waals surface area (Å²) in [7, 11) is 0. The van der Waals surface area contributed by atoms with Gasteiger partial charge in [-0.2, -0.15) is 0 Å². The Kier molecular flexibility index (Phi) is 6.85. The van der Waals surface area contributed by atoms with Crippen LogP contribution >= 0.6 is 0 Å². The van der Waals surface area contributed by atoms with Crippen LogP contribution in [0.3, 0.4) is 0 Å². The lowest BCUT2D eigenvalue weighted by Crippen LogP contribution is -2.17. The van der Waals surface area contributed by atoms with Gasteiger partial charge in [0, 0.05) is 35.1 Å². The molecule has 2 aliphatic rings. The number of rotatable bonds is 9. The smallest absolute Gasteiger partial charge is 0.163 e. The van der Waals surface area contributed by atoms with Crippen molar-refractivity contribution in [3.8, 4) is 17.2 Å². The van der Waals surface area contributed by atoms with E-state index in [4.69, 9.17) is 4.74 Å². The number of fused-ring (bicyclic) bond motifs is 1. The Morgan fingerprint density at radius 3 is 2.59 bits per heavy atom. The van der Waals surface area contributed by atoms with Crippen molar-refractivity contribution in [3.63, 3.8) is 0 Å². The average Bonchev–Trinajstić information content (AvgIpc) is 3.35. The summed E-state index contributed by atoms with van der Waals surface area (Å²) < 4.78 is 6.37. The summed E-state index contributed by atoms with van der Waals surface area (Å²) in [5, 5.41) is 30.8. The Balaban J connectivity index is 1.52. The molecule has 0 aliphatic heterocycles. The van der Waals surface area contributed by atoms with Crippen LogP contribution in [0.2, 0.25) is 0 Å². The molecule has 0 amide bonds. The molecule has 0 saturated carbocycles. The van der Waals surface area contributed by atoms with Crippen molar-refractivity contribution in [1.82, 2.24) is 0 Å². The summed E-state index contributed by atoms with van der Waals surface area (Å²) in [6, 6.07) is 10.6. The van der Waals surface area contributed by atoms with Gasteiger partial charge in [-0.1, -0.05) is 38.0 Å². The number of aromatic hydroxyl groups is 2. The van der Waals surface area contributed by atoms with E-state index in [1.165, 1.54) is 6.07 Å². The zero-order valence-electron chi connectivity index (χ0n) is 18.6. The largest absolute Gasteiger partial charge is 0.508 e. The van der Waals surface area contributed by atoms with Crippen molar-refractivity contribution < 1.29 is 24.9 Å². The summed E-state index contributed by atoms with van der Waals surface area (Å²) in [5.74, 6) is 1.05. The summed E-state index contributed by atoms with van der Waals surface area (Å²) >= 11 is 0. The van der Waals surface area contributed by atoms with Gasteiger partial charge < -0.3 is 20.1 Å².